The Hall–Kier alpha value is -2.58. The van der Waals surface area contributed by atoms with Gasteiger partial charge in [0.15, 0.2) is 5.65 Å². The van der Waals surface area contributed by atoms with Crippen molar-refractivity contribution in [3.05, 3.63) is 41.0 Å². The SMILES string of the molecule is CCc1c(C)c(C#N)c2nc3ccccc3n2c1N1CCNCC1. The van der Waals surface area contributed by atoms with Crippen LogP contribution in [0.25, 0.3) is 16.7 Å². The number of para-hydroxylation sites is 2. The molecule has 122 valence electrons. The summed E-state index contributed by atoms with van der Waals surface area (Å²) in [5.41, 5.74) is 5.81. The number of benzene rings is 1. The second-order valence-corrected chi connectivity index (χ2v) is 6.26. The van der Waals surface area contributed by atoms with Crippen molar-refractivity contribution in [1.29, 1.82) is 5.26 Å². The lowest BCUT2D eigenvalue weighted by Gasteiger charge is -2.32. The number of nitrogens with one attached hydrogen (secondary N) is 1. The van der Waals surface area contributed by atoms with E-state index in [1.807, 2.05) is 18.2 Å². The number of piperazine rings is 1. The highest BCUT2D eigenvalue weighted by Crippen LogP contribution is 2.33. The largest absolute Gasteiger partial charge is 0.355 e. The Bertz CT molecular complexity index is 957. The zero-order valence-corrected chi connectivity index (χ0v) is 14.1. The van der Waals surface area contributed by atoms with E-state index in [1.165, 1.54) is 11.4 Å². The first-order valence-corrected chi connectivity index (χ1v) is 8.54. The molecule has 24 heavy (non-hydrogen) atoms. The summed E-state index contributed by atoms with van der Waals surface area (Å²) in [6, 6.07) is 10.5. The number of imidazole rings is 1. The fraction of sp³-hybridized carbons (Fsp3) is 0.368. The lowest BCUT2D eigenvalue weighted by Crippen LogP contribution is -2.44. The first kappa shape index (κ1) is 15.0. The topological polar surface area (TPSA) is 56.4 Å². The van der Waals surface area contributed by atoms with Crippen LogP contribution in [0.4, 0.5) is 5.82 Å². The van der Waals surface area contributed by atoms with Crippen LogP contribution >= 0.6 is 0 Å². The number of hydrogen-bond acceptors (Lipinski definition) is 4. The molecule has 0 unspecified atom stereocenters. The van der Waals surface area contributed by atoms with Gasteiger partial charge in [0, 0.05) is 26.2 Å². The van der Waals surface area contributed by atoms with Crippen LogP contribution in [0.1, 0.15) is 23.6 Å². The number of nitriles is 1. The van der Waals surface area contributed by atoms with Crippen molar-refractivity contribution in [2.45, 2.75) is 20.3 Å². The summed E-state index contributed by atoms with van der Waals surface area (Å²) in [6.45, 7) is 8.13. The summed E-state index contributed by atoms with van der Waals surface area (Å²) in [5.74, 6) is 1.21. The van der Waals surface area contributed by atoms with E-state index < -0.39 is 0 Å². The molecule has 0 saturated carbocycles. The van der Waals surface area contributed by atoms with Crippen molar-refractivity contribution in [2.75, 3.05) is 31.1 Å². The van der Waals surface area contributed by atoms with Crippen molar-refractivity contribution in [3.63, 3.8) is 0 Å². The zero-order valence-electron chi connectivity index (χ0n) is 14.1. The smallest absolute Gasteiger partial charge is 0.157 e. The molecule has 0 radical (unpaired) electrons. The minimum absolute atomic E-state index is 0.696. The van der Waals surface area contributed by atoms with E-state index in [2.05, 4.69) is 40.6 Å². The average molecular weight is 319 g/mol. The molecule has 0 atom stereocenters. The molecule has 3 aromatic rings. The van der Waals surface area contributed by atoms with Gasteiger partial charge in [-0.05, 0) is 36.6 Å². The van der Waals surface area contributed by atoms with Gasteiger partial charge in [-0.2, -0.15) is 5.26 Å². The summed E-state index contributed by atoms with van der Waals surface area (Å²) in [5, 5.41) is 13.2. The molecular formula is C19H21N5. The molecule has 5 heteroatoms. The summed E-state index contributed by atoms with van der Waals surface area (Å²) < 4.78 is 2.20. The highest BCUT2D eigenvalue weighted by molar-refractivity contribution is 5.86. The lowest BCUT2D eigenvalue weighted by molar-refractivity contribution is 0.582. The molecule has 3 heterocycles. The third-order valence-corrected chi connectivity index (χ3v) is 4.98. The van der Waals surface area contributed by atoms with Crippen LogP contribution in [0.5, 0.6) is 0 Å². The second kappa shape index (κ2) is 5.81. The summed E-state index contributed by atoms with van der Waals surface area (Å²) in [7, 11) is 0. The molecule has 0 amide bonds. The summed E-state index contributed by atoms with van der Waals surface area (Å²) in [4.78, 5) is 7.21. The quantitative estimate of drug-likeness (QED) is 0.789. The molecule has 1 fully saturated rings. The van der Waals surface area contributed by atoms with Crippen LogP contribution in [0.2, 0.25) is 0 Å². The highest BCUT2D eigenvalue weighted by Gasteiger charge is 2.24. The fourth-order valence-corrected chi connectivity index (χ4v) is 3.80. The molecule has 2 aromatic heterocycles. The average Bonchev–Trinajstić information content (AvgIpc) is 3.00. The maximum atomic E-state index is 9.74. The van der Waals surface area contributed by atoms with Gasteiger partial charge in [-0.1, -0.05) is 19.1 Å². The molecular weight excluding hydrogens is 298 g/mol. The van der Waals surface area contributed by atoms with Crippen molar-refractivity contribution >= 4 is 22.5 Å². The lowest BCUT2D eigenvalue weighted by atomic mass is 10.0. The number of hydrogen-bond donors (Lipinski definition) is 1. The van der Waals surface area contributed by atoms with Crippen LogP contribution in [0, 0.1) is 18.3 Å². The molecule has 1 N–H and O–H groups in total. The van der Waals surface area contributed by atoms with Crippen LogP contribution in [-0.4, -0.2) is 35.6 Å². The molecule has 1 aliphatic heterocycles. The monoisotopic (exact) mass is 319 g/mol. The summed E-state index contributed by atoms with van der Waals surface area (Å²) in [6.07, 6.45) is 0.905. The van der Waals surface area contributed by atoms with Crippen molar-refractivity contribution < 1.29 is 0 Å². The van der Waals surface area contributed by atoms with E-state index in [-0.39, 0.29) is 0 Å². The van der Waals surface area contributed by atoms with Crippen molar-refractivity contribution in [2.24, 2.45) is 0 Å². The van der Waals surface area contributed by atoms with Gasteiger partial charge in [-0.3, -0.25) is 4.40 Å². The number of rotatable bonds is 2. The predicted molar refractivity (Wildman–Crippen MR) is 96.6 cm³/mol. The van der Waals surface area contributed by atoms with Crippen LogP contribution in [0.3, 0.4) is 0 Å². The maximum Gasteiger partial charge on any atom is 0.157 e. The van der Waals surface area contributed by atoms with Gasteiger partial charge >= 0.3 is 0 Å². The number of fused-ring (bicyclic) bond motifs is 3. The van der Waals surface area contributed by atoms with E-state index >= 15 is 0 Å². The summed E-state index contributed by atoms with van der Waals surface area (Å²) >= 11 is 0. The Morgan fingerprint density at radius 2 is 2.00 bits per heavy atom. The molecule has 0 bridgehead atoms. The van der Waals surface area contributed by atoms with Gasteiger partial charge < -0.3 is 10.2 Å². The maximum absolute atomic E-state index is 9.74. The van der Waals surface area contributed by atoms with Crippen molar-refractivity contribution in [1.82, 2.24) is 14.7 Å². The zero-order chi connectivity index (χ0) is 16.7. The van der Waals surface area contributed by atoms with E-state index in [9.17, 15) is 5.26 Å². The third-order valence-electron chi connectivity index (χ3n) is 4.98. The van der Waals surface area contributed by atoms with E-state index in [4.69, 9.17) is 4.98 Å². The Labute approximate surface area is 141 Å². The standard InChI is InChI=1S/C19H21N5/c1-3-14-13(2)15(12-20)18-22-16-6-4-5-7-17(16)24(18)19(14)23-10-8-21-9-11-23/h4-7,21H,3,8-11H2,1-2H3. The van der Waals surface area contributed by atoms with E-state index in [0.29, 0.717) is 5.56 Å². The Morgan fingerprint density at radius 1 is 1.25 bits per heavy atom. The van der Waals surface area contributed by atoms with Gasteiger partial charge in [-0.25, -0.2) is 4.98 Å². The molecule has 5 nitrogen and oxygen atoms in total. The van der Waals surface area contributed by atoms with Gasteiger partial charge in [0.1, 0.15) is 11.9 Å². The first-order chi connectivity index (χ1) is 11.8. The number of nitrogens with zero attached hydrogens (tertiary/aromatic N) is 4. The highest BCUT2D eigenvalue weighted by atomic mass is 15.3. The second-order valence-electron chi connectivity index (χ2n) is 6.26. The molecule has 0 spiro atoms. The first-order valence-electron chi connectivity index (χ1n) is 8.54. The number of pyridine rings is 1. The minimum atomic E-state index is 0.696. The number of aromatic nitrogens is 2. The predicted octanol–water partition coefficient (Wildman–Crippen LogP) is 2.64. The van der Waals surface area contributed by atoms with Crippen LogP contribution in [0.15, 0.2) is 24.3 Å². The van der Waals surface area contributed by atoms with E-state index in [0.717, 1.165) is 54.8 Å². The van der Waals surface area contributed by atoms with Crippen molar-refractivity contribution in [3.8, 4) is 6.07 Å². The molecule has 0 aliphatic carbocycles. The minimum Gasteiger partial charge on any atom is -0.355 e. The Kier molecular flexibility index (Phi) is 3.62. The van der Waals surface area contributed by atoms with Gasteiger partial charge in [0.05, 0.1) is 16.6 Å². The molecule has 1 saturated heterocycles. The number of anilines is 1. The van der Waals surface area contributed by atoms with Gasteiger partial charge in [0.25, 0.3) is 0 Å². The normalized spacial score (nSPS) is 15.1. The fourth-order valence-electron chi connectivity index (χ4n) is 3.80. The van der Waals surface area contributed by atoms with Gasteiger partial charge in [-0.15, -0.1) is 0 Å². The molecule has 4 rings (SSSR count). The Morgan fingerprint density at radius 3 is 2.71 bits per heavy atom. The Balaban J connectivity index is 2.16. The van der Waals surface area contributed by atoms with E-state index in [1.54, 1.807) is 0 Å². The van der Waals surface area contributed by atoms with Crippen LogP contribution in [-0.2, 0) is 6.42 Å². The van der Waals surface area contributed by atoms with Crippen LogP contribution < -0.4 is 10.2 Å². The third kappa shape index (κ3) is 2.07. The molecule has 1 aromatic carbocycles. The van der Waals surface area contributed by atoms with Gasteiger partial charge in [0.2, 0.25) is 0 Å². The molecule has 1 aliphatic rings.